The van der Waals surface area contributed by atoms with Crippen molar-refractivity contribution >= 4 is 0 Å². The first kappa shape index (κ1) is 9.06. The number of aromatic nitrogens is 4. The predicted molar refractivity (Wildman–Crippen MR) is 61.0 cm³/mol. The van der Waals surface area contributed by atoms with E-state index in [9.17, 15) is 0 Å². The van der Waals surface area contributed by atoms with Crippen molar-refractivity contribution in [1.29, 1.82) is 0 Å². The van der Waals surface area contributed by atoms with Gasteiger partial charge in [0.25, 0.3) is 0 Å². The molecule has 1 heterocycles. The molecule has 4 nitrogen and oxygen atoms in total. The lowest BCUT2D eigenvalue weighted by molar-refractivity contribution is -0.104. The van der Waals surface area contributed by atoms with Crippen molar-refractivity contribution in [2.45, 2.75) is 51.0 Å². The van der Waals surface area contributed by atoms with E-state index in [4.69, 9.17) is 0 Å². The van der Waals surface area contributed by atoms with E-state index >= 15 is 0 Å². The van der Waals surface area contributed by atoms with Gasteiger partial charge in [0.15, 0.2) is 6.33 Å². The SMILES string of the molecule is CC12CC3CC4(C1)C(C2)CC4(n1ncnn1)C3. The fraction of sp³-hybridized carbons (Fsp3) is 0.923. The molecule has 4 aliphatic carbocycles. The largest absolute Gasteiger partial charge is 0.162 e. The average Bonchev–Trinajstić information content (AvgIpc) is 2.86. The first-order valence-corrected chi connectivity index (χ1v) is 6.89. The molecule has 4 heteroatoms. The molecule has 0 aromatic carbocycles. The normalized spacial score (nSPS) is 58.2. The first-order chi connectivity index (χ1) is 8.16. The molecule has 4 fully saturated rings. The van der Waals surface area contributed by atoms with Crippen molar-refractivity contribution in [1.82, 2.24) is 20.2 Å². The summed E-state index contributed by atoms with van der Waals surface area (Å²) in [4.78, 5) is 1.99. The average molecular weight is 230 g/mol. The first-order valence-electron chi connectivity index (χ1n) is 6.89. The predicted octanol–water partition coefficient (Wildman–Crippen LogP) is 1.99. The molecule has 1 spiro atoms. The van der Waals surface area contributed by atoms with Crippen LogP contribution >= 0.6 is 0 Å². The molecule has 0 N–H and O–H groups in total. The van der Waals surface area contributed by atoms with Crippen LogP contribution in [0, 0.1) is 22.7 Å². The second-order valence-corrected chi connectivity index (χ2v) is 7.48. The summed E-state index contributed by atoms with van der Waals surface area (Å²) in [6, 6.07) is 0. The van der Waals surface area contributed by atoms with Gasteiger partial charge in [0, 0.05) is 5.41 Å². The highest BCUT2D eigenvalue weighted by Gasteiger charge is 2.78. The molecule has 0 radical (unpaired) electrons. The molecule has 0 amide bonds. The Kier molecular flexibility index (Phi) is 1.22. The minimum absolute atomic E-state index is 0.257. The fourth-order valence-electron chi connectivity index (χ4n) is 6.56. The van der Waals surface area contributed by atoms with E-state index in [-0.39, 0.29) is 5.54 Å². The Hall–Kier alpha value is -0.930. The van der Waals surface area contributed by atoms with E-state index in [0.29, 0.717) is 10.8 Å². The summed E-state index contributed by atoms with van der Waals surface area (Å²) in [5, 5.41) is 12.6. The molecule has 1 aromatic heterocycles. The lowest BCUT2D eigenvalue weighted by Crippen LogP contribution is -2.59. The molecular weight excluding hydrogens is 212 g/mol. The maximum Gasteiger partial charge on any atom is 0.162 e. The Morgan fingerprint density at radius 3 is 2.94 bits per heavy atom. The van der Waals surface area contributed by atoms with Crippen molar-refractivity contribution in [2.24, 2.45) is 22.7 Å². The minimum atomic E-state index is 0.257. The highest BCUT2D eigenvalue weighted by Crippen LogP contribution is 2.82. The molecule has 5 rings (SSSR count). The van der Waals surface area contributed by atoms with Crippen molar-refractivity contribution < 1.29 is 0 Å². The molecule has 4 aliphatic rings. The third-order valence-electron chi connectivity index (χ3n) is 6.57. The molecular formula is C13H18N4. The lowest BCUT2D eigenvalue weighted by atomic mass is 9.51. The maximum absolute atomic E-state index is 4.40. The minimum Gasteiger partial charge on any atom is -0.158 e. The zero-order chi connectivity index (χ0) is 11.3. The molecule has 5 atom stereocenters. The van der Waals surface area contributed by atoms with E-state index in [1.54, 1.807) is 6.33 Å². The Bertz CT molecular complexity index is 494. The Morgan fingerprint density at radius 1 is 1.18 bits per heavy atom. The number of hydrogen-bond donors (Lipinski definition) is 0. The van der Waals surface area contributed by atoms with Gasteiger partial charge < -0.3 is 0 Å². The van der Waals surface area contributed by atoms with Gasteiger partial charge in [-0.05, 0) is 61.0 Å². The zero-order valence-corrected chi connectivity index (χ0v) is 10.3. The lowest BCUT2D eigenvalue weighted by Gasteiger charge is -2.57. The number of rotatable bonds is 1. The van der Waals surface area contributed by atoms with E-state index in [0.717, 1.165) is 11.8 Å². The van der Waals surface area contributed by atoms with E-state index in [2.05, 4.69) is 22.3 Å². The smallest absolute Gasteiger partial charge is 0.158 e. The van der Waals surface area contributed by atoms with Crippen LogP contribution in [0.2, 0.25) is 0 Å². The van der Waals surface area contributed by atoms with Crippen LogP contribution < -0.4 is 0 Å². The van der Waals surface area contributed by atoms with Crippen molar-refractivity contribution in [3.8, 4) is 0 Å². The van der Waals surface area contributed by atoms with Gasteiger partial charge in [-0.3, -0.25) is 0 Å². The summed E-state index contributed by atoms with van der Waals surface area (Å²) in [6.07, 6.45) is 10.00. The summed E-state index contributed by atoms with van der Waals surface area (Å²) < 4.78 is 0. The van der Waals surface area contributed by atoms with Gasteiger partial charge >= 0.3 is 0 Å². The number of nitrogens with zero attached hydrogens (tertiary/aromatic N) is 4. The third-order valence-corrected chi connectivity index (χ3v) is 6.57. The van der Waals surface area contributed by atoms with Gasteiger partial charge in [0.05, 0.1) is 5.54 Å². The van der Waals surface area contributed by atoms with Crippen LogP contribution in [-0.4, -0.2) is 20.2 Å². The second kappa shape index (κ2) is 2.29. The summed E-state index contributed by atoms with van der Waals surface area (Å²) in [5.41, 5.74) is 1.44. The van der Waals surface area contributed by atoms with Gasteiger partial charge in [0.1, 0.15) is 0 Å². The fourth-order valence-corrected chi connectivity index (χ4v) is 6.56. The van der Waals surface area contributed by atoms with Gasteiger partial charge in [-0.1, -0.05) is 6.92 Å². The van der Waals surface area contributed by atoms with Gasteiger partial charge in [-0.25, -0.2) is 0 Å². The molecule has 1 aromatic rings. The number of tetrazole rings is 1. The quantitative estimate of drug-likeness (QED) is 0.741. The van der Waals surface area contributed by atoms with Crippen LogP contribution in [0.5, 0.6) is 0 Å². The topological polar surface area (TPSA) is 43.6 Å². The Balaban J connectivity index is 1.72. The van der Waals surface area contributed by atoms with Crippen LogP contribution in [0.4, 0.5) is 0 Å². The van der Waals surface area contributed by atoms with Crippen LogP contribution in [0.3, 0.4) is 0 Å². The van der Waals surface area contributed by atoms with E-state index in [1.165, 1.54) is 38.5 Å². The highest BCUT2D eigenvalue weighted by atomic mass is 15.6. The molecule has 0 aliphatic heterocycles. The van der Waals surface area contributed by atoms with Crippen molar-refractivity contribution in [3.05, 3.63) is 6.33 Å². The van der Waals surface area contributed by atoms with Gasteiger partial charge in [-0.15, -0.1) is 10.2 Å². The molecule has 5 unspecified atom stereocenters. The maximum atomic E-state index is 4.40. The molecule has 3 bridgehead atoms. The van der Waals surface area contributed by atoms with Crippen LogP contribution in [0.25, 0.3) is 0 Å². The van der Waals surface area contributed by atoms with E-state index < -0.39 is 0 Å². The molecule has 17 heavy (non-hydrogen) atoms. The molecule has 0 saturated heterocycles. The highest BCUT2D eigenvalue weighted by molar-refractivity contribution is 5.26. The summed E-state index contributed by atoms with van der Waals surface area (Å²) in [6.45, 7) is 2.52. The zero-order valence-electron chi connectivity index (χ0n) is 10.3. The standard InChI is InChI=1S/C13H18N4/c1-11-2-9-3-12(7-11)10(5-11)6-13(12,4-9)17-15-8-14-16-17/h8-10H,2-7H2,1H3. The second-order valence-electron chi connectivity index (χ2n) is 7.48. The monoisotopic (exact) mass is 230 g/mol. The van der Waals surface area contributed by atoms with Gasteiger partial charge in [-0.2, -0.15) is 4.80 Å². The molecule has 4 saturated carbocycles. The number of hydrogen-bond acceptors (Lipinski definition) is 3. The van der Waals surface area contributed by atoms with Crippen LogP contribution in [-0.2, 0) is 5.54 Å². The Morgan fingerprint density at radius 2 is 2.12 bits per heavy atom. The Labute approximate surface area is 101 Å². The van der Waals surface area contributed by atoms with Crippen molar-refractivity contribution in [2.75, 3.05) is 0 Å². The summed E-state index contributed by atoms with van der Waals surface area (Å²) >= 11 is 0. The van der Waals surface area contributed by atoms with E-state index in [1.807, 2.05) is 4.80 Å². The van der Waals surface area contributed by atoms with Crippen LogP contribution in [0.1, 0.15) is 45.4 Å². The van der Waals surface area contributed by atoms with Crippen molar-refractivity contribution in [3.63, 3.8) is 0 Å². The summed E-state index contributed by atoms with van der Waals surface area (Å²) in [5.74, 6) is 1.87. The summed E-state index contributed by atoms with van der Waals surface area (Å²) in [7, 11) is 0. The third kappa shape index (κ3) is 0.763. The van der Waals surface area contributed by atoms with Crippen LogP contribution in [0.15, 0.2) is 6.33 Å². The number of fused-ring (bicyclic) bond motifs is 2. The van der Waals surface area contributed by atoms with Gasteiger partial charge in [0.2, 0.25) is 0 Å². The molecule has 90 valence electrons.